The third-order valence-electron chi connectivity index (χ3n) is 5.07. The van der Waals surface area contributed by atoms with Crippen molar-refractivity contribution in [3.63, 3.8) is 0 Å². The fraction of sp³-hybridized carbons (Fsp3) is 0.318. The summed E-state index contributed by atoms with van der Waals surface area (Å²) in [6.45, 7) is 4.09. The van der Waals surface area contributed by atoms with Gasteiger partial charge in [-0.2, -0.15) is 5.10 Å². The number of carbonyl (C=O) groups is 1. The molecular formula is C22H25N5O2. The molecule has 3 heterocycles. The molecule has 0 radical (unpaired) electrons. The summed E-state index contributed by atoms with van der Waals surface area (Å²) in [5.74, 6) is 1.42. The minimum Gasteiger partial charge on any atom is -0.493 e. The van der Waals surface area contributed by atoms with Gasteiger partial charge in [0.15, 0.2) is 5.82 Å². The van der Waals surface area contributed by atoms with E-state index in [9.17, 15) is 4.79 Å². The van der Waals surface area contributed by atoms with Crippen LogP contribution in [0.25, 0.3) is 11.3 Å². The summed E-state index contributed by atoms with van der Waals surface area (Å²) in [6.07, 6.45) is 5.47. The van der Waals surface area contributed by atoms with Crippen LogP contribution in [0.1, 0.15) is 30.1 Å². The van der Waals surface area contributed by atoms with Crippen LogP contribution >= 0.6 is 0 Å². The van der Waals surface area contributed by atoms with Crippen molar-refractivity contribution in [3.8, 4) is 17.0 Å². The molecule has 1 aromatic carbocycles. The highest BCUT2D eigenvalue weighted by atomic mass is 16.5. The summed E-state index contributed by atoms with van der Waals surface area (Å²) in [5, 5.41) is 10.7. The van der Waals surface area contributed by atoms with Gasteiger partial charge < -0.3 is 15.0 Å². The van der Waals surface area contributed by atoms with Crippen LogP contribution in [-0.2, 0) is 0 Å². The minimum atomic E-state index is -0.0968. The monoisotopic (exact) mass is 391 g/mol. The topological polar surface area (TPSA) is 83.1 Å². The molecule has 4 rings (SSSR count). The predicted octanol–water partition coefficient (Wildman–Crippen LogP) is 3.27. The summed E-state index contributed by atoms with van der Waals surface area (Å²) in [4.78, 5) is 19.1. The number of aromatic amines is 1. The highest BCUT2D eigenvalue weighted by Crippen LogP contribution is 2.24. The van der Waals surface area contributed by atoms with Crippen molar-refractivity contribution < 1.29 is 9.53 Å². The SMILES string of the molecule is CCOc1ccccc1C(=O)NC1CCCN(c2cc(-c3ccncc3)[nH]n2)C1. The summed E-state index contributed by atoms with van der Waals surface area (Å²) < 4.78 is 5.59. The van der Waals surface area contributed by atoms with Crippen molar-refractivity contribution in [2.24, 2.45) is 0 Å². The fourth-order valence-corrected chi connectivity index (χ4v) is 3.65. The second-order valence-corrected chi connectivity index (χ2v) is 7.06. The average molecular weight is 391 g/mol. The molecule has 7 nitrogen and oxygen atoms in total. The maximum atomic E-state index is 12.8. The Labute approximate surface area is 170 Å². The van der Waals surface area contributed by atoms with Crippen LogP contribution in [0.3, 0.4) is 0 Å². The highest BCUT2D eigenvalue weighted by molar-refractivity contribution is 5.97. The molecule has 1 aliphatic rings. The van der Waals surface area contributed by atoms with Crippen molar-refractivity contribution in [2.75, 3.05) is 24.6 Å². The van der Waals surface area contributed by atoms with Gasteiger partial charge in [0.05, 0.1) is 17.9 Å². The first-order valence-corrected chi connectivity index (χ1v) is 9.98. The molecule has 2 aromatic heterocycles. The van der Waals surface area contributed by atoms with Gasteiger partial charge in [0, 0.05) is 43.2 Å². The summed E-state index contributed by atoms with van der Waals surface area (Å²) in [7, 11) is 0. The molecule has 0 spiro atoms. The number of carbonyl (C=O) groups excluding carboxylic acids is 1. The number of rotatable bonds is 6. The number of ether oxygens (including phenoxy) is 1. The molecule has 1 aliphatic heterocycles. The van der Waals surface area contributed by atoms with Crippen LogP contribution in [0.5, 0.6) is 5.75 Å². The lowest BCUT2D eigenvalue weighted by atomic mass is 10.0. The summed E-state index contributed by atoms with van der Waals surface area (Å²) >= 11 is 0. The normalized spacial score (nSPS) is 16.4. The molecule has 1 amide bonds. The molecule has 0 aliphatic carbocycles. The van der Waals surface area contributed by atoms with E-state index in [0.717, 1.165) is 43.0 Å². The maximum Gasteiger partial charge on any atom is 0.255 e. The van der Waals surface area contributed by atoms with Crippen LogP contribution in [-0.4, -0.2) is 46.8 Å². The molecule has 2 N–H and O–H groups in total. The second kappa shape index (κ2) is 8.77. The Morgan fingerprint density at radius 1 is 1.28 bits per heavy atom. The van der Waals surface area contributed by atoms with Gasteiger partial charge >= 0.3 is 0 Å². The number of aromatic nitrogens is 3. The van der Waals surface area contributed by atoms with Crippen molar-refractivity contribution in [3.05, 3.63) is 60.4 Å². The first-order chi connectivity index (χ1) is 14.2. The number of nitrogens with zero attached hydrogens (tertiary/aromatic N) is 3. The first-order valence-electron chi connectivity index (χ1n) is 9.98. The molecule has 7 heteroatoms. The zero-order chi connectivity index (χ0) is 20.1. The van der Waals surface area contributed by atoms with E-state index in [4.69, 9.17) is 4.74 Å². The number of hydrogen-bond donors (Lipinski definition) is 2. The van der Waals surface area contributed by atoms with Crippen LogP contribution < -0.4 is 15.0 Å². The van der Waals surface area contributed by atoms with Gasteiger partial charge in [-0.1, -0.05) is 12.1 Å². The van der Waals surface area contributed by atoms with E-state index in [1.807, 2.05) is 43.3 Å². The Hall–Kier alpha value is -3.35. The molecule has 3 aromatic rings. The van der Waals surface area contributed by atoms with Crippen LogP contribution in [0, 0.1) is 0 Å². The van der Waals surface area contributed by atoms with E-state index in [1.165, 1.54) is 0 Å². The molecule has 1 saturated heterocycles. The second-order valence-electron chi connectivity index (χ2n) is 7.06. The van der Waals surface area contributed by atoms with Crippen molar-refractivity contribution in [2.45, 2.75) is 25.8 Å². The van der Waals surface area contributed by atoms with Crippen LogP contribution in [0.2, 0.25) is 0 Å². The van der Waals surface area contributed by atoms with Crippen molar-refractivity contribution in [1.29, 1.82) is 0 Å². The number of anilines is 1. The molecule has 1 fully saturated rings. The zero-order valence-corrected chi connectivity index (χ0v) is 16.5. The van der Waals surface area contributed by atoms with Crippen molar-refractivity contribution in [1.82, 2.24) is 20.5 Å². The Bertz CT molecular complexity index is 957. The quantitative estimate of drug-likeness (QED) is 0.674. The zero-order valence-electron chi connectivity index (χ0n) is 16.5. The van der Waals surface area contributed by atoms with E-state index in [-0.39, 0.29) is 11.9 Å². The number of nitrogens with one attached hydrogen (secondary N) is 2. The lowest BCUT2D eigenvalue weighted by Crippen LogP contribution is -2.48. The number of pyridine rings is 1. The Morgan fingerprint density at radius 3 is 2.93 bits per heavy atom. The lowest BCUT2D eigenvalue weighted by Gasteiger charge is -2.33. The molecule has 150 valence electrons. The average Bonchev–Trinajstić information content (AvgIpc) is 3.26. The van der Waals surface area contributed by atoms with Crippen LogP contribution in [0.4, 0.5) is 5.82 Å². The van der Waals surface area contributed by atoms with E-state index in [0.29, 0.717) is 17.9 Å². The van der Waals surface area contributed by atoms with Gasteiger partial charge in [0.2, 0.25) is 0 Å². The maximum absolute atomic E-state index is 12.8. The molecule has 0 saturated carbocycles. The number of H-pyrrole nitrogens is 1. The summed E-state index contributed by atoms with van der Waals surface area (Å²) in [5.41, 5.74) is 2.58. The van der Waals surface area contributed by atoms with Gasteiger partial charge in [0.25, 0.3) is 5.91 Å². The molecule has 1 unspecified atom stereocenters. The van der Waals surface area contributed by atoms with Gasteiger partial charge in [-0.25, -0.2) is 0 Å². The minimum absolute atomic E-state index is 0.0620. The molecule has 1 atom stereocenters. The highest BCUT2D eigenvalue weighted by Gasteiger charge is 2.24. The number of amides is 1. The molecule has 0 bridgehead atoms. The van der Waals surface area contributed by atoms with Gasteiger partial charge in [0.1, 0.15) is 5.75 Å². The van der Waals surface area contributed by atoms with E-state index < -0.39 is 0 Å². The van der Waals surface area contributed by atoms with E-state index in [1.54, 1.807) is 18.5 Å². The Morgan fingerprint density at radius 2 is 2.10 bits per heavy atom. The van der Waals surface area contributed by atoms with Crippen LogP contribution in [0.15, 0.2) is 54.9 Å². The largest absolute Gasteiger partial charge is 0.493 e. The standard InChI is InChI=1S/C22H25N5O2/c1-2-29-20-8-4-3-7-18(20)22(28)24-17-6-5-13-27(15-17)21-14-19(25-26-21)16-9-11-23-12-10-16/h3-4,7-12,14,17H,2,5-6,13,15H2,1H3,(H,24,28)(H,25,26). The van der Waals surface area contributed by atoms with E-state index in [2.05, 4.69) is 25.4 Å². The third kappa shape index (κ3) is 4.39. The Kier molecular flexibility index (Phi) is 5.74. The molecule has 29 heavy (non-hydrogen) atoms. The number of benzene rings is 1. The smallest absolute Gasteiger partial charge is 0.255 e. The number of para-hydroxylation sites is 1. The van der Waals surface area contributed by atoms with Crippen molar-refractivity contribution >= 4 is 11.7 Å². The first kappa shape index (κ1) is 19.0. The number of piperidine rings is 1. The lowest BCUT2D eigenvalue weighted by molar-refractivity contribution is 0.0929. The fourth-order valence-electron chi connectivity index (χ4n) is 3.65. The molecular weight excluding hydrogens is 366 g/mol. The summed E-state index contributed by atoms with van der Waals surface area (Å²) in [6, 6.07) is 13.4. The third-order valence-corrected chi connectivity index (χ3v) is 5.07. The van der Waals surface area contributed by atoms with Gasteiger partial charge in [-0.15, -0.1) is 0 Å². The van der Waals surface area contributed by atoms with E-state index >= 15 is 0 Å². The van der Waals surface area contributed by atoms with Gasteiger partial charge in [-0.3, -0.25) is 14.9 Å². The predicted molar refractivity (Wildman–Crippen MR) is 112 cm³/mol. The Balaban J connectivity index is 1.43. The number of hydrogen-bond acceptors (Lipinski definition) is 5. The van der Waals surface area contributed by atoms with Gasteiger partial charge in [-0.05, 0) is 44.0 Å².